The molecule has 0 aromatic rings. The summed E-state index contributed by atoms with van der Waals surface area (Å²) in [6, 6.07) is 0. The van der Waals surface area contributed by atoms with E-state index < -0.39 is 5.91 Å². The Morgan fingerprint density at radius 1 is 1.62 bits per heavy atom. The van der Waals surface area contributed by atoms with E-state index in [0.29, 0.717) is 0 Å². The van der Waals surface area contributed by atoms with Gasteiger partial charge >= 0.3 is 5.91 Å². The van der Waals surface area contributed by atoms with Crippen molar-refractivity contribution >= 4 is 11.7 Å². The number of nitrogens with zero attached hydrogens (tertiary/aromatic N) is 1. The summed E-state index contributed by atoms with van der Waals surface area (Å²) in [6.45, 7) is 7.41. The van der Waals surface area contributed by atoms with Crippen molar-refractivity contribution in [2.45, 2.75) is 13.3 Å². The fourth-order valence-corrected chi connectivity index (χ4v) is 0.252. The van der Waals surface area contributed by atoms with Gasteiger partial charge in [0.25, 0.3) is 0 Å². The van der Waals surface area contributed by atoms with Gasteiger partial charge in [0.1, 0.15) is 5.78 Å². The fraction of sp³-hybridized carbons (Fsp3) is 0.400. The molecule has 0 unspecified atom stereocenters. The number of amides is 1. The molecule has 0 aromatic carbocycles. The normalized spacial score (nSPS) is 7.50. The molecule has 0 radical (unpaired) electrons. The third kappa shape index (κ3) is 3.04. The molecule has 0 aromatic heterocycles. The maximum absolute atomic E-state index is 10.0. The summed E-state index contributed by atoms with van der Waals surface area (Å²) in [7, 11) is 0. The van der Waals surface area contributed by atoms with Crippen LogP contribution in [0.1, 0.15) is 13.3 Å². The van der Waals surface area contributed by atoms with Gasteiger partial charge in [-0.3, -0.25) is 0 Å². The van der Waals surface area contributed by atoms with Gasteiger partial charge in [0.15, 0.2) is 0 Å². The van der Waals surface area contributed by atoms with Gasteiger partial charge in [0, 0.05) is 0 Å². The molecule has 0 bridgehead atoms. The monoisotopic (exact) mass is 111 g/mol. The van der Waals surface area contributed by atoms with Crippen LogP contribution in [0.4, 0.5) is 0 Å². The topological polar surface area (TPSA) is 38.5 Å². The van der Waals surface area contributed by atoms with Gasteiger partial charge in [-0.25, -0.2) is 0 Å². The van der Waals surface area contributed by atoms with Gasteiger partial charge in [0.2, 0.25) is 0 Å². The lowest BCUT2D eigenvalue weighted by molar-refractivity contribution is -0.123. The highest BCUT2D eigenvalue weighted by Gasteiger charge is 2.01. The second-order valence-electron chi connectivity index (χ2n) is 1.38. The Labute approximate surface area is 47.1 Å². The average molecular weight is 111 g/mol. The number of ketones is 1. The van der Waals surface area contributed by atoms with Crippen LogP contribution in [0.25, 0.3) is 4.85 Å². The van der Waals surface area contributed by atoms with Crippen molar-refractivity contribution in [1.29, 1.82) is 0 Å². The molecular weight excluding hydrogens is 106 g/mol. The molecule has 0 spiro atoms. The molecule has 1 amide bonds. The lowest BCUT2D eigenvalue weighted by Gasteiger charge is -1.79. The molecule has 3 heteroatoms. The summed E-state index contributed by atoms with van der Waals surface area (Å²) in [5.41, 5.74) is 0. The molecule has 0 N–H and O–H groups in total. The van der Waals surface area contributed by atoms with E-state index in [1.165, 1.54) is 6.92 Å². The Hall–Kier alpha value is -1.17. The molecule has 0 heterocycles. The van der Waals surface area contributed by atoms with Crippen molar-refractivity contribution in [3.8, 4) is 0 Å². The number of Topliss-reactive ketones (excluding diaryl/α,β-unsaturated/α-hetero) is 1. The third-order valence-electron chi connectivity index (χ3n) is 0.525. The Morgan fingerprint density at radius 3 is 2.25 bits per heavy atom. The molecule has 0 aliphatic heterocycles. The van der Waals surface area contributed by atoms with Crippen molar-refractivity contribution in [2.75, 3.05) is 0 Å². The van der Waals surface area contributed by atoms with Crippen molar-refractivity contribution in [2.24, 2.45) is 0 Å². The molecular formula is C5H5NO2. The summed E-state index contributed by atoms with van der Waals surface area (Å²) in [5.74, 6) is -0.941. The zero-order valence-corrected chi connectivity index (χ0v) is 4.47. The average Bonchev–Trinajstić information content (AvgIpc) is 1.65. The maximum Gasteiger partial charge on any atom is 0.362 e. The van der Waals surface area contributed by atoms with E-state index in [1.807, 2.05) is 0 Å². The Balaban J connectivity index is 3.61. The van der Waals surface area contributed by atoms with Gasteiger partial charge < -0.3 is 9.59 Å². The van der Waals surface area contributed by atoms with Crippen LogP contribution >= 0.6 is 0 Å². The van der Waals surface area contributed by atoms with Crippen LogP contribution in [0.15, 0.2) is 0 Å². The zero-order valence-electron chi connectivity index (χ0n) is 4.47. The molecule has 3 nitrogen and oxygen atoms in total. The predicted octanol–water partition coefficient (Wildman–Crippen LogP) is 0.411. The number of carbonyl (C=O) groups excluding carboxylic acids is 2. The zero-order chi connectivity index (χ0) is 6.57. The smallest absolute Gasteiger partial charge is 0.315 e. The van der Waals surface area contributed by atoms with Gasteiger partial charge in [0.05, 0.1) is 13.0 Å². The minimum Gasteiger partial charge on any atom is -0.315 e. The summed E-state index contributed by atoms with van der Waals surface area (Å²) in [5, 5.41) is 0. The molecule has 0 saturated carbocycles. The summed E-state index contributed by atoms with van der Waals surface area (Å²) in [6.07, 6.45) is -0.247. The fourth-order valence-electron chi connectivity index (χ4n) is 0.252. The minimum atomic E-state index is -0.683. The number of carbonyl (C=O) groups is 2. The SMILES string of the molecule is [C-]#[N+]C(=O)CC(C)=O. The van der Waals surface area contributed by atoms with Crippen LogP contribution in [-0.4, -0.2) is 11.7 Å². The van der Waals surface area contributed by atoms with Crippen molar-refractivity contribution in [1.82, 2.24) is 0 Å². The van der Waals surface area contributed by atoms with E-state index >= 15 is 0 Å². The van der Waals surface area contributed by atoms with Crippen molar-refractivity contribution in [3.63, 3.8) is 0 Å². The van der Waals surface area contributed by atoms with Crippen LogP contribution in [0.2, 0.25) is 0 Å². The second-order valence-corrected chi connectivity index (χ2v) is 1.38. The van der Waals surface area contributed by atoms with Crippen molar-refractivity contribution in [3.05, 3.63) is 11.4 Å². The first-order chi connectivity index (χ1) is 3.66. The molecule has 0 rings (SSSR count). The summed E-state index contributed by atoms with van der Waals surface area (Å²) in [4.78, 5) is 22.6. The summed E-state index contributed by atoms with van der Waals surface area (Å²) >= 11 is 0. The highest BCUT2D eigenvalue weighted by Crippen LogP contribution is 1.83. The Bertz CT molecular complexity index is 154. The Morgan fingerprint density at radius 2 is 2.12 bits per heavy atom. The number of rotatable bonds is 2. The number of hydrogen-bond donors (Lipinski definition) is 0. The van der Waals surface area contributed by atoms with E-state index in [1.54, 1.807) is 0 Å². The van der Waals surface area contributed by atoms with Crippen molar-refractivity contribution < 1.29 is 9.59 Å². The highest BCUT2D eigenvalue weighted by atomic mass is 16.2. The van der Waals surface area contributed by atoms with E-state index in [-0.39, 0.29) is 12.2 Å². The van der Waals surface area contributed by atoms with Crippen LogP contribution < -0.4 is 0 Å². The molecule has 0 atom stereocenters. The van der Waals surface area contributed by atoms with Gasteiger partial charge in [-0.05, 0) is 6.92 Å². The summed E-state index contributed by atoms with van der Waals surface area (Å²) < 4.78 is 0. The maximum atomic E-state index is 10.0. The van der Waals surface area contributed by atoms with Crippen LogP contribution in [-0.2, 0) is 9.59 Å². The molecule has 0 saturated heterocycles. The Kier molecular flexibility index (Phi) is 2.49. The van der Waals surface area contributed by atoms with Crippen LogP contribution in [0.5, 0.6) is 0 Å². The molecule has 0 fully saturated rings. The van der Waals surface area contributed by atoms with Gasteiger partial charge in [-0.1, -0.05) is 0 Å². The molecule has 0 aliphatic rings. The largest absolute Gasteiger partial charge is 0.362 e. The number of hydrogen-bond acceptors (Lipinski definition) is 2. The van der Waals surface area contributed by atoms with Crippen LogP contribution in [0, 0.1) is 6.57 Å². The first-order valence-electron chi connectivity index (χ1n) is 2.06. The van der Waals surface area contributed by atoms with Gasteiger partial charge in [-0.2, -0.15) is 4.85 Å². The third-order valence-corrected chi connectivity index (χ3v) is 0.525. The molecule has 42 valence electrons. The van der Waals surface area contributed by atoms with Gasteiger partial charge in [-0.15, -0.1) is 0 Å². The van der Waals surface area contributed by atoms with E-state index in [2.05, 4.69) is 4.85 Å². The van der Waals surface area contributed by atoms with E-state index in [4.69, 9.17) is 6.57 Å². The standard InChI is InChI=1S/C5H5NO2/c1-4(7)3-5(8)6-2/h3H2,1H3. The first-order valence-corrected chi connectivity index (χ1v) is 2.06. The van der Waals surface area contributed by atoms with E-state index in [0.717, 1.165) is 0 Å². The highest BCUT2D eigenvalue weighted by molar-refractivity contribution is 6.01. The lowest BCUT2D eigenvalue weighted by Crippen LogP contribution is -1.97. The quantitative estimate of drug-likeness (QED) is 0.382. The van der Waals surface area contributed by atoms with Crippen LogP contribution in [0.3, 0.4) is 0 Å². The minimum absolute atomic E-state index is 0.247. The first kappa shape index (κ1) is 6.83. The second kappa shape index (κ2) is 2.92. The molecule has 8 heavy (non-hydrogen) atoms. The predicted molar refractivity (Wildman–Crippen MR) is 26.9 cm³/mol. The van der Waals surface area contributed by atoms with E-state index in [9.17, 15) is 9.59 Å². The lowest BCUT2D eigenvalue weighted by atomic mass is 10.3. The molecule has 0 aliphatic carbocycles.